The van der Waals surface area contributed by atoms with E-state index in [2.05, 4.69) is 0 Å². The molecule has 0 aromatic heterocycles. The maximum absolute atomic E-state index is 14.0. The van der Waals surface area contributed by atoms with Gasteiger partial charge in [0.2, 0.25) is 0 Å². The lowest BCUT2D eigenvalue weighted by atomic mass is 9.73. The second-order valence-electron chi connectivity index (χ2n) is 5.02. The molecule has 2 rings (SSSR count). The highest BCUT2D eigenvalue weighted by Crippen LogP contribution is 2.34. The van der Waals surface area contributed by atoms with Crippen molar-refractivity contribution >= 4 is 17.6 Å². The van der Waals surface area contributed by atoms with E-state index in [-0.39, 0.29) is 6.42 Å². The normalized spacial score (nSPS) is 13.7. The van der Waals surface area contributed by atoms with Crippen LogP contribution in [0.15, 0.2) is 48.5 Å². The van der Waals surface area contributed by atoms with Gasteiger partial charge in [0, 0.05) is 5.02 Å². The fourth-order valence-corrected chi connectivity index (χ4v) is 2.74. The molecule has 0 heterocycles. The molecule has 0 spiro atoms. The summed E-state index contributed by atoms with van der Waals surface area (Å²) in [4.78, 5) is 11.9. The third-order valence-electron chi connectivity index (χ3n) is 3.84. The van der Waals surface area contributed by atoms with Crippen molar-refractivity contribution in [1.82, 2.24) is 0 Å². The van der Waals surface area contributed by atoms with Crippen molar-refractivity contribution in [3.8, 4) is 0 Å². The molecule has 0 saturated heterocycles. The molecule has 0 aliphatic rings. The minimum Gasteiger partial charge on any atom is -0.481 e. The van der Waals surface area contributed by atoms with Crippen LogP contribution in [-0.4, -0.2) is 11.1 Å². The maximum Gasteiger partial charge on any atom is 0.314 e. The Morgan fingerprint density at radius 2 is 1.90 bits per heavy atom. The second-order valence-corrected chi connectivity index (χ2v) is 5.46. The predicted molar refractivity (Wildman–Crippen MR) is 81.2 cm³/mol. The van der Waals surface area contributed by atoms with Crippen molar-refractivity contribution in [3.05, 3.63) is 70.5 Å². The van der Waals surface area contributed by atoms with Crippen LogP contribution in [0.3, 0.4) is 0 Å². The van der Waals surface area contributed by atoms with Crippen LogP contribution in [0.1, 0.15) is 24.5 Å². The van der Waals surface area contributed by atoms with E-state index in [1.807, 2.05) is 6.07 Å². The number of carboxylic acids is 1. The summed E-state index contributed by atoms with van der Waals surface area (Å²) in [5.41, 5.74) is -0.178. The fraction of sp³-hybridized carbons (Fsp3) is 0.235. The standard InChI is InChI=1S/C17H16ClFO2/c1-2-17(16(20)21,13-6-4-3-5-7-13)11-12-10-14(18)8-9-15(12)19/h3-10H,2,11H2,1H3,(H,20,21). The first kappa shape index (κ1) is 15.5. The smallest absolute Gasteiger partial charge is 0.314 e. The Balaban J connectivity index is 2.51. The number of aliphatic carboxylic acids is 1. The summed E-state index contributed by atoms with van der Waals surface area (Å²) in [6.07, 6.45) is 0.424. The minimum absolute atomic E-state index is 0.0647. The largest absolute Gasteiger partial charge is 0.481 e. The van der Waals surface area contributed by atoms with E-state index >= 15 is 0 Å². The predicted octanol–water partition coefficient (Wildman–Crippen LogP) is 4.45. The van der Waals surface area contributed by atoms with Crippen molar-refractivity contribution in [3.63, 3.8) is 0 Å². The Labute approximate surface area is 128 Å². The van der Waals surface area contributed by atoms with Crippen LogP contribution in [0, 0.1) is 5.82 Å². The van der Waals surface area contributed by atoms with Crippen molar-refractivity contribution in [1.29, 1.82) is 0 Å². The van der Waals surface area contributed by atoms with Crippen LogP contribution >= 0.6 is 11.6 Å². The summed E-state index contributed by atoms with van der Waals surface area (Å²) in [7, 11) is 0. The van der Waals surface area contributed by atoms with Crippen molar-refractivity contribution in [2.24, 2.45) is 0 Å². The van der Waals surface area contributed by atoms with Crippen LogP contribution in [0.25, 0.3) is 0 Å². The van der Waals surface area contributed by atoms with E-state index in [0.717, 1.165) is 0 Å². The van der Waals surface area contributed by atoms with Gasteiger partial charge < -0.3 is 5.11 Å². The van der Waals surface area contributed by atoms with Crippen molar-refractivity contribution < 1.29 is 14.3 Å². The molecule has 1 N–H and O–H groups in total. The molecule has 0 saturated carbocycles. The lowest BCUT2D eigenvalue weighted by Crippen LogP contribution is -2.37. The average Bonchev–Trinajstić information content (AvgIpc) is 2.49. The molecular weight excluding hydrogens is 291 g/mol. The molecule has 0 fully saturated rings. The molecule has 1 atom stereocenters. The molecule has 0 amide bonds. The van der Waals surface area contributed by atoms with Crippen LogP contribution in [0.4, 0.5) is 4.39 Å². The number of carboxylic acid groups (broad SMARTS) is 1. The summed E-state index contributed by atoms with van der Waals surface area (Å²) >= 11 is 5.90. The van der Waals surface area contributed by atoms with Gasteiger partial charge in [0.1, 0.15) is 5.82 Å². The maximum atomic E-state index is 14.0. The molecule has 2 aromatic carbocycles. The summed E-state index contributed by atoms with van der Waals surface area (Å²) in [6, 6.07) is 13.1. The number of halogens is 2. The van der Waals surface area contributed by atoms with E-state index in [1.54, 1.807) is 31.2 Å². The van der Waals surface area contributed by atoms with E-state index in [4.69, 9.17) is 11.6 Å². The van der Waals surface area contributed by atoms with Gasteiger partial charge >= 0.3 is 5.97 Å². The Morgan fingerprint density at radius 3 is 2.48 bits per heavy atom. The number of rotatable bonds is 5. The molecule has 1 unspecified atom stereocenters. The molecular formula is C17H16ClFO2. The zero-order valence-corrected chi connectivity index (χ0v) is 12.4. The molecule has 0 aliphatic heterocycles. The van der Waals surface area contributed by atoms with Gasteiger partial charge in [-0.05, 0) is 42.2 Å². The first-order chi connectivity index (χ1) is 9.99. The van der Waals surface area contributed by atoms with Crippen molar-refractivity contribution in [2.75, 3.05) is 0 Å². The molecule has 110 valence electrons. The lowest BCUT2D eigenvalue weighted by Gasteiger charge is -2.29. The SMILES string of the molecule is CCC(Cc1cc(Cl)ccc1F)(C(=O)O)c1ccccc1. The molecule has 0 bridgehead atoms. The van der Waals surface area contributed by atoms with E-state index in [9.17, 15) is 14.3 Å². The zero-order valence-electron chi connectivity index (χ0n) is 11.6. The van der Waals surface area contributed by atoms with Crippen LogP contribution < -0.4 is 0 Å². The third kappa shape index (κ3) is 3.08. The van der Waals surface area contributed by atoms with E-state index in [1.165, 1.54) is 18.2 Å². The van der Waals surface area contributed by atoms with Gasteiger partial charge in [-0.2, -0.15) is 0 Å². The number of benzene rings is 2. The van der Waals surface area contributed by atoms with Crippen LogP contribution in [0.5, 0.6) is 0 Å². The minimum atomic E-state index is -1.16. The highest BCUT2D eigenvalue weighted by atomic mass is 35.5. The Hall–Kier alpha value is -1.87. The monoisotopic (exact) mass is 306 g/mol. The molecule has 21 heavy (non-hydrogen) atoms. The first-order valence-corrected chi connectivity index (χ1v) is 7.10. The third-order valence-corrected chi connectivity index (χ3v) is 4.07. The Kier molecular flexibility index (Phi) is 4.63. The van der Waals surface area contributed by atoms with Gasteiger partial charge in [0.15, 0.2) is 0 Å². The van der Waals surface area contributed by atoms with Gasteiger partial charge in [-0.25, -0.2) is 4.39 Å². The van der Waals surface area contributed by atoms with Gasteiger partial charge in [-0.15, -0.1) is 0 Å². The van der Waals surface area contributed by atoms with Crippen LogP contribution in [-0.2, 0) is 16.6 Å². The highest BCUT2D eigenvalue weighted by Gasteiger charge is 2.39. The van der Waals surface area contributed by atoms with Crippen molar-refractivity contribution in [2.45, 2.75) is 25.2 Å². The average molecular weight is 307 g/mol. The zero-order chi connectivity index (χ0) is 15.5. The molecule has 0 radical (unpaired) electrons. The van der Waals surface area contributed by atoms with Gasteiger partial charge in [-0.1, -0.05) is 48.9 Å². The molecule has 2 nitrogen and oxygen atoms in total. The molecule has 0 aliphatic carbocycles. The summed E-state index contributed by atoms with van der Waals surface area (Å²) in [5, 5.41) is 10.1. The Bertz CT molecular complexity index is 642. The second kappa shape index (κ2) is 6.27. The molecule has 4 heteroatoms. The fourth-order valence-electron chi connectivity index (χ4n) is 2.54. The van der Waals surface area contributed by atoms with E-state index < -0.39 is 17.2 Å². The number of hydrogen-bond donors (Lipinski definition) is 1. The number of carbonyl (C=O) groups is 1. The van der Waals surface area contributed by atoms with Gasteiger partial charge in [-0.3, -0.25) is 4.79 Å². The topological polar surface area (TPSA) is 37.3 Å². The summed E-state index contributed by atoms with van der Waals surface area (Å²) < 4.78 is 14.0. The molecule has 2 aromatic rings. The summed E-state index contributed by atoms with van der Waals surface area (Å²) in [6.45, 7) is 1.80. The first-order valence-electron chi connectivity index (χ1n) is 6.72. The summed E-state index contributed by atoms with van der Waals surface area (Å²) in [5.74, 6) is -1.40. The lowest BCUT2D eigenvalue weighted by molar-refractivity contribution is -0.144. The number of hydrogen-bond acceptors (Lipinski definition) is 1. The quantitative estimate of drug-likeness (QED) is 0.886. The Morgan fingerprint density at radius 1 is 1.24 bits per heavy atom. The van der Waals surface area contributed by atoms with Crippen LogP contribution in [0.2, 0.25) is 5.02 Å². The van der Waals surface area contributed by atoms with Gasteiger partial charge in [0.05, 0.1) is 5.41 Å². The highest BCUT2D eigenvalue weighted by molar-refractivity contribution is 6.30. The van der Waals surface area contributed by atoms with Gasteiger partial charge in [0.25, 0.3) is 0 Å². The van der Waals surface area contributed by atoms with E-state index in [0.29, 0.717) is 22.6 Å².